The van der Waals surface area contributed by atoms with Crippen LogP contribution in [0, 0.1) is 0 Å². The lowest BCUT2D eigenvalue weighted by Gasteiger charge is -2.18. The number of rotatable bonds is 3. The van der Waals surface area contributed by atoms with E-state index in [1.165, 1.54) is 7.11 Å². The van der Waals surface area contributed by atoms with Crippen molar-refractivity contribution in [2.75, 3.05) is 13.7 Å². The van der Waals surface area contributed by atoms with Crippen molar-refractivity contribution in [3.8, 4) is 0 Å². The first-order chi connectivity index (χ1) is 6.15. The zero-order valence-electron chi connectivity index (χ0n) is 8.20. The quantitative estimate of drug-likeness (QED) is 0.628. The third-order valence-corrected chi connectivity index (χ3v) is 1.31. The van der Waals surface area contributed by atoms with Gasteiger partial charge in [0.25, 0.3) is 0 Å². The maximum atomic E-state index is 11.0. The predicted molar refractivity (Wildman–Crippen MR) is 45.8 cm³/mol. The molecule has 0 heterocycles. The average molecular weight is 189 g/mol. The summed E-state index contributed by atoms with van der Waals surface area (Å²) in [7, 11) is 1.24. The summed E-state index contributed by atoms with van der Waals surface area (Å²) in [6.45, 7) is 3.87. The first kappa shape index (κ1) is 11.7. The van der Waals surface area contributed by atoms with Gasteiger partial charge in [-0.15, -0.1) is 5.06 Å². The molecule has 0 fully saturated rings. The van der Waals surface area contributed by atoms with E-state index in [1.807, 2.05) is 6.92 Å². The van der Waals surface area contributed by atoms with E-state index < -0.39 is 12.1 Å². The fourth-order valence-corrected chi connectivity index (χ4v) is 0.667. The number of hydrogen-bond acceptors (Lipinski definition) is 4. The molecule has 1 amide bonds. The molecule has 0 aliphatic heterocycles. The molecule has 0 rings (SSSR count). The van der Waals surface area contributed by atoms with Crippen LogP contribution in [0.5, 0.6) is 0 Å². The lowest BCUT2D eigenvalue weighted by Crippen LogP contribution is -2.33. The van der Waals surface area contributed by atoms with Crippen molar-refractivity contribution in [2.45, 2.75) is 26.7 Å². The fraction of sp³-hybridized carbons (Fsp3) is 0.750. The Labute approximate surface area is 77.6 Å². The van der Waals surface area contributed by atoms with Crippen LogP contribution in [0.25, 0.3) is 0 Å². The minimum absolute atomic E-state index is 0.233. The molecule has 0 aromatic carbocycles. The third kappa shape index (κ3) is 4.35. The third-order valence-electron chi connectivity index (χ3n) is 1.31. The van der Waals surface area contributed by atoms with E-state index in [0.717, 1.165) is 5.06 Å². The van der Waals surface area contributed by atoms with Gasteiger partial charge in [-0.1, -0.05) is 13.8 Å². The highest BCUT2D eigenvalue weighted by Crippen LogP contribution is 1.98. The summed E-state index contributed by atoms with van der Waals surface area (Å²) in [4.78, 5) is 26.5. The summed E-state index contributed by atoms with van der Waals surface area (Å²) in [6, 6.07) is 0. The van der Waals surface area contributed by atoms with Crippen molar-refractivity contribution in [1.82, 2.24) is 5.06 Å². The number of hydroxylamine groups is 2. The lowest BCUT2D eigenvalue weighted by molar-refractivity contribution is -0.180. The first-order valence-corrected chi connectivity index (χ1v) is 4.21. The second-order valence-electron chi connectivity index (χ2n) is 2.39. The molecular weight excluding hydrogens is 174 g/mol. The largest absolute Gasteiger partial charge is 0.451 e. The minimum Gasteiger partial charge on any atom is -0.451 e. The number of carbonyl (C=O) groups is 2. The van der Waals surface area contributed by atoms with E-state index in [1.54, 1.807) is 6.92 Å². The van der Waals surface area contributed by atoms with Gasteiger partial charge < -0.3 is 9.57 Å². The van der Waals surface area contributed by atoms with Crippen LogP contribution >= 0.6 is 0 Å². The van der Waals surface area contributed by atoms with Gasteiger partial charge in [0.1, 0.15) is 0 Å². The molecule has 0 spiro atoms. The van der Waals surface area contributed by atoms with Crippen LogP contribution in [-0.2, 0) is 14.4 Å². The standard InChI is InChI=1S/C8H15NO4/c1-4-6-9(8(11)12-3)13-7(10)5-2/h4-6H2,1-3H3. The van der Waals surface area contributed by atoms with E-state index >= 15 is 0 Å². The maximum absolute atomic E-state index is 11.0. The normalized spacial score (nSPS) is 9.15. The van der Waals surface area contributed by atoms with Crippen molar-refractivity contribution >= 4 is 12.1 Å². The highest BCUT2D eigenvalue weighted by Gasteiger charge is 2.16. The molecule has 0 aromatic rings. The molecule has 0 saturated carbocycles. The van der Waals surface area contributed by atoms with Gasteiger partial charge in [0.05, 0.1) is 13.7 Å². The zero-order chi connectivity index (χ0) is 10.3. The number of nitrogens with zero attached hydrogens (tertiary/aromatic N) is 1. The Kier molecular flexibility index (Phi) is 5.67. The molecule has 0 saturated heterocycles. The summed E-state index contributed by atoms with van der Waals surface area (Å²) in [5, 5.41) is 0.922. The Hall–Kier alpha value is -1.26. The van der Waals surface area contributed by atoms with Crippen LogP contribution in [0.2, 0.25) is 0 Å². The van der Waals surface area contributed by atoms with Crippen LogP contribution in [0.15, 0.2) is 0 Å². The molecule has 0 radical (unpaired) electrons. The number of methoxy groups -OCH3 is 1. The van der Waals surface area contributed by atoms with Crippen molar-refractivity contribution < 1.29 is 19.2 Å². The highest BCUT2D eigenvalue weighted by molar-refractivity contribution is 5.72. The maximum Gasteiger partial charge on any atom is 0.443 e. The van der Waals surface area contributed by atoms with Crippen LogP contribution in [0.4, 0.5) is 4.79 Å². The van der Waals surface area contributed by atoms with E-state index in [4.69, 9.17) is 4.84 Å². The molecule has 76 valence electrons. The first-order valence-electron chi connectivity index (χ1n) is 4.21. The zero-order valence-corrected chi connectivity index (χ0v) is 8.20. The van der Waals surface area contributed by atoms with Crippen molar-refractivity contribution in [3.05, 3.63) is 0 Å². The Bertz CT molecular complexity index is 181. The van der Waals surface area contributed by atoms with Gasteiger partial charge in [0.2, 0.25) is 0 Å². The van der Waals surface area contributed by atoms with Gasteiger partial charge in [-0.25, -0.2) is 9.59 Å². The number of ether oxygens (including phenoxy) is 1. The van der Waals surface area contributed by atoms with Crippen LogP contribution in [0.1, 0.15) is 26.7 Å². The summed E-state index contributed by atoms with van der Waals surface area (Å²) < 4.78 is 4.42. The molecule has 0 bridgehead atoms. The molecule has 13 heavy (non-hydrogen) atoms. The second kappa shape index (κ2) is 6.28. The monoisotopic (exact) mass is 189 g/mol. The number of amides is 1. The number of hydrogen-bond donors (Lipinski definition) is 0. The molecule has 0 aromatic heterocycles. The summed E-state index contributed by atoms with van der Waals surface area (Å²) >= 11 is 0. The highest BCUT2D eigenvalue weighted by atomic mass is 16.7. The molecule has 0 atom stereocenters. The van der Waals surface area contributed by atoms with E-state index in [0.29, 0.717) is 13.0 Å². The Morgan fingerprint density at radius 1 is 1.31 bits per heavy atom. The second-order valence-corrected chi connectivity index (χ2v) is 2.39. The van der Waals surface area contributed by atoms with E-state index in [2.05, 4.69) is 4.74 Å². The smallest absolute Gasteiger partial charge is 0.443 e. The van der Waals surface area contributed by atoms with Gasteiger partial charge in [0, 0.05) is 6.42 Å². The van der Waals surface area contributed by atoms with Gasteiger partial charge >= 0.3 is 12.1 Å². The van der Waals surface area contributed by atoms with Crippen molar-refractivity contribution in [3.63, 3.8) is 0 Å². The van der Waals surface area contributed by atoms with Crippen LogP contribution in [0.3, 0.4) is 0 Å². The molecule has 0 N–H and O–H groups in total. The van der Waals surface area contributed by atoms with E-state index in [-0.39, 0.29) is 6.42 Å². The topological polar surface area (TPSA) is 55.8 Å². The fourth-order valence-electron chi connectivity index (χ4n) is 0.667. The summed E-state index contributed by atoms with van der Waals surface area (Å²) in [6.07, 6.45) is 0.284. The summed E-state index contributed by atoms with van der Waals surface area (Å²) in [5.41, 5.74) is 0. The van der Waals surface area contributed by atoms with Crippen LogP contribution < -0.4 is 0 Å². The van der Waals surface area contributed by atoms with Gasteiger partial charge in [0.15, 0.2) is 0 Å². The minimum atomic E-state index is -0.649. The van der Waals surface area contributed by atoms with Crippen molar-refractivity contribution in [1.29, 1.82) is 0 Å². The van der Waals surface area contributed by atoms with Gasteiger partial charge in [-0.05, 0) is 6.42 Å². The summed E-state index contributed by atoms with van der Waals surface area (Å²) in [5.74, 6) is -0.446. The molecular formula is C8H15NO4. The van der Waals surface area contributed by atoms with Crippen molar-refractivity contribution in [2.24, 2.45) is 0 Å². The SMILES string of the molecule is CCCN(OC(=O)CC)C(=O)OC. The van der Waals surface area contributed by atoms with E-state index in [9.17, 15) is 9.59 Å². The molecule has 0 aliphatic carbocycles. The van der Waals surface area contributed by atoms with Gasteiger partial charge in [-0.2, -0.15) is 0 Å². The van der Waals surface area contributed by atoms with Crippen LogP contribution in [-0.4, -0.2) is 30.8 Å². The van der Waals surface area contributed by atoms with Gasteiger partial charge in [-0.3, -0.25) is 0 Å². The molecule has 5 heteroatoms. The number of carbonyl (C=O) groups excluding carboxylic acids is 2. The Morgan fingerprint density at radius 3 is 2.31 bits per heavy atom. The molecule has 0 aliphatic rings. The average Bonchev–Trinajstić information content (AvgIpc) is 2.15. The molecule has 5 nitrogen and oxygen atoms in total. The Morgan fingerprint density at radius 2 is 1.92 bits per heavy atom. The molecule has 0 unspecified atom stereocenters. The lowest BCUT2D eigenvalue weighted by atomic mass is 10.5. The predicted octanol–water partition coefficient (Wildman–Crippen LogP) is 1.33. The Balaban J connectivity index is 4.08.